The summed E-state index contributed by atoms with van der Waals surface area (Å²) in [4.78, 5) is 36.9. The molecule has 0 atom stereocenters. The molecule has 0 aliphatic carbocycles. The monoisotopic (exact) mass is 444 g/mol. The molecule has 0 radical (unpaired) electrons. The van der Waals surface area contributed by atoms with Gasteiger partial charge in [-0.3, -0.25) is 18.4 Å². The summed E-state index contributed by atoms with van der Waals surface area (Å²) in [6, 6.07) is 7.42. The molecule has 2 aromatic carbocycles. The van der Waals surface area contributed by atoms with E-state index in [1.807, 2.05) is 50.3 Å². The van der Waals surface area contributed by atoms with Gasteiger partial charge in [0.2, 0.25) is 0 Å². The molecule has 6 aromatic rings. The highest BCUT2D eigenvalue weighted by Gasteiger charge is 2.21. The number of hydrogen-bond donors (Lipinski definition) is 0. The van der Waals surface area contributed by atoms with Crippen molar-refractivity contribution in [3.05, 3.63) is 91.7 Å². The van der Waals surface area contributed by atoms with E-state index >= 15 is 0 Å². The first-order valence-corrected chi connectivity index (χ1v) is 11.0. The Bertz CT molecular complexity index is 2210. The number of allylic oxidation sites excluding steroid dienone is 2. The summed E-state index contributed by atoms with van der Waals surface area (Å²) in [6.07, 6.45) is 10.6. The molecule has 4 heterocycles. The number of pyridine rings is 2. The summed E-state index contributed by atoms with van der Waals surface area (Å²) >= 11 is 0. The van der Waals surface area contributed by atoms with E-state index in [1.54, 1.807) is 33.1 Å². The fourth-order valence-corrected chi connectivity index (χ4v) is 5.13. The Balaban J connectivity index is 2.00. The van der Waals surface area contributed by atoms with Crippen LogP contribution in [0.15, 0.2) is 59.2 Å². The molecule has 34 heavy (non-hydrogen) atoms. The number of aromatic nitrogens is 4. The van der Waals surface area contributed by atoms with E-state index in [2.05, 4.69) is 13.2 Å². The SMILES string of the molecule is C=C/C=c1/nc2c3ccc4c(=O)n5c(=C/C=C)/c(=C\C)nc5c5ccc(c(=O)n2/c1=C/C)c3c45. The quantitative estimate of drug-likeness (QED) is 0.380. The molecular weight excluding hydrogens is 424 g/mol. The summed E-state index contributed by atoms with van der Waals surface area (Å²) < 4.78 is 3.27. The van der Waals surface area contributed by atoms with Crippen LogP contribution in [0.1, 0.15) is 13.8 Å². The molecule has 0 saturated carbocycles. The maximum absolute atomic E-state index is 13.7. The van der Waals surface area contributed by atoms with Crippen LogP contribution in [0, 0.1) is 0 Å². The molecule has 6 rings (SSSR count). The number of nitrogens with zero attached hydrogens (tertiary/aromatic N) is 4. The van der Waals surface area contributed by atoms with Gasteiger partial charge in [-0.05, 0) is 50.3 Å². The van der Waals surface area contributed by atoms with Gasteiger partial charge in [-0.15, -0.1) is 0 Å². The topological polar surface area (TPSA) is 68.7 Å². The zero-order valence-electron chi connectivity index (χ0n) is 18.8. The first-order valence-electron chi connectivity index (χ1n) is 11.0. The van der Waals surface area contributed by atoms with E-state index < -0.39 is 0 Å². The first kappa shape index (κ1) is 20.1. The lowest BCUT2D eigenvalue weighted by Gasteiger charge is -2.11. The predicted octanol–water partition coefficient (Wildman–Crippen LogP) is 1.57. The van der Waals surface area contributed by atoms with Crippen LogP contribution in [-0.2, 0) is 0 Å². The van der Waals surface area contributed by atoms with E-state index in [1.165, 1.54) is 0 Å². The van der Waals surface area contributed by atoms with Crippen LogP contribution in [0.3, 0.4) is 0 Å². The van der Waals surface area contributed by atoms with Gasteiger partial charge in [-0.2, -0.15) is 0 Å². The zero-order chi connectivity index (χ0) is 23.7. The second kappa shape index (κ2) is 6.96. The van der Waals surface area contributed by atoms with E-state index in [-0.39, 0.29) is 11.1 Å². The van der Waals surface area contributed by atoms with E-state index in [0.717, 1.165) is 26.9 Å². The number of hydrogen-bond acceptors (Lipinski definition) is 4. The van der Waals surface area contributed by atoms with E-state index in [0.29, 0.717) is 38.1 Å². The highest BCUT2D eigenvalue weighted by molar-refractivity contribution is 6.27. The van der Waals surface area contributed by atoms with Crippen LogP contribution < -0.4 is 32.5 Å². The normalized spacial score (nSPS) is 14.8. The van der Waals surface area contributed by atoms with Crippen LogP contribution in [0.25, 0.3) is 67.9 Å². The van der Waals surface area contributed by atoms with Gasteiger partial charge in [0.1, 0.15) is 11.3 Å². The average molecular weight is 444 g/mol. The smallest absolute Gasteiger partial charge is 0.264 e. The van der Waals surface area contributed by atoms with Crippen molar-refractivity contribution in [3.8, 4) is 0 Å². The Morgan fingerprint density at radius 1 is 0.676 bits per heavy atom. The van der Waals surface area contributed by atoms with Crippen molar-refractivity contribution in [2.45, 2.75) is 13.8 Å². The molecule has 0 spiro atoms. The van der Waals surface area contributed by atoms with Crippen LogP contribution in [0.5, 0.6) is 0 Å². The van der Waals surface area contributed by atoms with Gasteiger partial charge in [0.05, 0.1) is 21.4 Å². The molecule has 0 saturated heterocycles. The maximum atomic E-state index is 13.7. The minimum atomic E-state index is -0.176. The molecular formula is C28H20N4O2. The minimum Gasteiger partial charge on any atom is -0.268 e. The van der Waals surface area contributed by atoms with Crippen molar-refractivity contribution >= 4 is 67.9 Å². The Labute approximate surface area is 192 Å². The van der Waals surface area contributed by atoms with Crippen molar-refractivity contribution in [2.24, 2.45) is 0 Å². The van der Waals surface area contributed by atoms with Crippen molar-refractivity contribution < 1.29 is 0 Å². The lowest BCUT2D eigenvalue weighted by molar-refractivity contribution is 1.09. The van der Waals surface area contributed by atoms with Gasteiger partial charge in [0, 0.05) is 32.3 Å². The predicted molar refractivity (Wildman–Crippen MR) is 139 cm³/mol. The summed E-state index contributed by atoms with van der Waals surface area (Å²) in [7, 11) is 0. The molecule has 0 bridgehead atoms. The Kier molecular flexibility index (Phi) is 4.10. The Morgan fingerprint density at radius 3 is 1.68 bits per heavy atom. The Morgan fingerprint density at radius 2 is 1.18 bits per heavy atom. The largest absolute Gasteiger partial charge is 0.268 e. The third-order valence-corrected chi connectivity index (χ3v) is 6.49. The third-order valence-electron chi connectivity index (χ3n) is 6.49. The molecule has 164 valence electrons. The molecule has 6 nitrogen and oxygen atoms in total. The van der Waals surface area contributed by atoms with Crippen molar-refractivity contribution in [1.29, 1.82) is 0 Å². The standard InChI is InChI=1S/C28H20N4O2/c1-5-9-20-21(8-4)31-26(30-20)16-12-14-18-23-15(11-13-17(24(16)23)27(31)33)25-29-19(7-3)22(10-6-2)32(25)28(18)34/h5-14H,1-2H2,3-4H3/b19-7+,20-9+,21-8+,22-10+. The second-order valence-corrected chi connectivity index (χ2v) is 8.15. The fourth-order valence-electron chi connectivity index (χ4n) is 5.13. The summed E-state index contributed by atoms with van der Waals surface area (Å²) in [5, 5.41) is 6.99. The van der Waals surface area contributed by atoms with Crippen molar-refractivity contribution in [2.75, 3.05) is 0 Å². The van der Waals surface area contributed by atoms with Crippen LogP contribution >= 0.6 is 0 Å². The average Bonchev–Trinajstić information content (AvgIpc) is 3.40. The summed E-state index contributed by atoms with van der Waals surface area (Å²) in [5.41, 5.74) is 0.781. The number of rotatable bonds is 2. The summed E-state index contributed by atoms with van der Waals surface area (Å²) in [5.74, 6) is 0. The van der Waals surface area contributed by atoms with Gasteiger partial charge in [0.25, 0.3) is 11.1 Å². The van der Waals surface area contributed by atoms with Gasteiger partial charge < -0.3 is 0 Å². The molecule has 4 aromatic heterocycles. The number of imidazole rings is 2. The van der Waals surface area contributed by atoms with Gasteiger partial charge in [0.15, 0.2) is 0 Å². The van der Waals surface area contributed by atoms with Gasteiger partial charge in [-0.1, -0.05) is 37.5 Å². The van der Waals surface area contributed by atoms with Gasteiger partial charge >= 0.3 is 0 Å². The zero-order valence-corrected chi connectivity index (χ0v) is 18.8. The second-order valence-electron chi connectivity index (χ2n) is 8.15. The lowest BCUT2D eigenvalue weighted by Crippen LogP contribution is -2.33. The summed E-state index contributed by atoms with van der Waals surface area (Å²) in [6.45, 7) is 11.3. The molecule has 0 unspecified atom stereocenters. The van der Waals surface area contributed by atoms with Crippen LogP contribution in [-0.4, -0.2) is 18.8 Å². The van der Waals surface area contributed by atoms with Crippen LogP contribution in [0.4, 0.5) is 0 Å². The molecule has 0 N–H and O–H groups in total. The van der Waals surface area contributed by atoms with E-state index in [9.17, 15) is 9.59 Å². The van der Waals surface area contributed by atoms with Crippen molar-refractivity contribution in [3.63, 3.8) is 0 Å². The molecule has 6 heteroatoms. The van der Waals surface area contributed by atoms with Crippen molar-refractivity contribution in [1.82, 2.24) is 18.8 Å². The number of benzene rings is 2. The highest BCUT2D eigenvalue weighted by Crippen LogP contribution is 2.33. The molecule has 0 fully saturated rings. The van der Waals surface area contributed by atoms with Gasteiger partial charge in [-0.25, -0.2) is 9.97 Å². The highest BCUT2D eigenvalue weighted by atomic mass is 16.1. The Hall–Kier alpha value is -4.58. The number of fused-ring (bicyclic) bond motifs is 4. The third kappa shape index (κ3) is 2.29. The fraction of sp³-hybridized carbons (Fsp3) is 0.0714. The maximum Gasteiger partial charge on any atom is 0.264 e. The minimum absolute atomic E-state index is 0.167. The molecule has 0 amide bonds. The molecule has 0 aliphatic heterocycles. The first-order chi connectivity index (χ1) is 16.5. The van der Waals surface area contributed by atoms with E-state index in [4.69, 9.17) is 9.97 Å². The van der Waals surface area contributed by atoms with Crippen LogP contribution in [0.2, 0.25) is 0 Å². The molecule has 0 aliphatic rings. The lowest BCUT2D eigenvalue weighted by atomic mass is 9.96.